The van der Waals surface area contributed by atoms with Gasteiger partial charge >= 0.3 is 0 Å². The Morgan fingerprint density at radius 2 is 1.70 bits per heavy atom. The molecule has 1 heterocycles. The number of anilines is 1. The first-order chi connectivity index (χ1) is 15.9. The Balaban J connectivity index is 1.90. The van der Waals surface area contributed by atoms with E-state index in [1.807, 2.05) is 26.0 Å². The highest BCUT2D eigenvalue weighted by molar-refractivity contribution is 6.51. The summed E-state index contributed by atoms with van der Waals surface area (Å²) >= 11 is 6.08. The van der Waals surface area contributed by atoms with Gasteiger partial charge in [0.2, 0.25) is 0 Å². The molecule has 1 N–H and O–H groups in total. The molecule has 3 aromatic rings. The van der Waals surface area contributed by atoms with Crippen LogP contribution < -0.4 is 9.64 Å². The first-order valence-electron chi connectivity index (χ1n) is 10.8. The normalized spacial score (nSPS) is 17.4. The zero-order valence-electron chi connectivity index (χ0n) is 18.4. The van der Waals surface area contributed by atoms with E-state index in [1.54, 1.807) is 60.7 Å². The lowest BCUT2D eigenvalue weighted by atomic mass is 9.94. The molecule has 1 fully saturated rings. The number of hydrogen-bond donors (Lipinski definition) is 1. The summed E-state index contributed by atoms with van der Waals surface area (Å²) < 4.78 is 5.59. The maximum atomic E-state index is 13.2. The molecule has 1 aliphatic rings. The fourth-order valence-electron chi connectivity index (χ4n) is 4.00. The molecule has 1 atom stereocenters. The Labute approximate surface area is 197 Å². The van der Waals surface area contributed by atoms with Gasteiger partial charge in [0.15, 0.2) is 0 Å². The smallest absolute Gasteiger partial charge is 0.300 e. The number of rotatable bonds is 6. The Morgan fingerprint density at radius 1 is 1.00 bits per heavy atom. The number of aliphatic hydroxyl groups excluding tert-OH is 1. The number of nitrogens with zero attached hydrogens (tertiary/aromatic N) is 1. The van der Waals surface area contributed by atoms with Crippen molar-refractivity contribution in [1.29, 1.82) is 0 Å². The van der Waals surface area contributed by atoms with Crippen LogP contribution in [0, 0.1) is 0 Å². The minimum Gasteiger partial charge on any atom is -0.507 e. The largest absolute Gasteiger partial charge is 0.507 e. The summed E-state index contributed by atoms with van der Waals surface area (Å²) in [5.41, 5.74) is 2.78. The second-order valence-corrected chi connectivity index (χ2v) is 8.14. The molecule has 1 amide bonds. The van der Waals surface area contributed by atoms with E-state index in [-0.39, 0.29) is 11.3 Å². The summed E-state index contributed by atoms with van der Waals surface area (Å²) in [5.74, 6) is -1.08. The van der Waals surface area contributed by atoms with Gasteiger partial charge in [-0.2, -0.15) is 0 Å². The maximum Gasteiger partial charge on any atom is 0.300 e. The molecule has 3 aromatic carbocycles. The molecule has 4 rings (SSSR count). The first kappa shape index (κ1) is 22.6. The number of aryl methyl sites for hydroxylation is 1. The minimum absolute atomic E-state index is 0.0355. The van der Waals surface area contributed by atoms with E-state index in [4.69, 9.17) is 16.3 Å². The molecule has 6 heteroatoms. The number of carbonyl (C=O) groups excluding carboxylic acids is 2. The average Bonchev–Trinajstić information content (AvgIpc) is 3.10. The SMILES string of the molecule is CCOc1cccc(N2C(=O)C(=O)/C(=C(/O)c3ccc(CC)cc3)C2c2ccc(Cl)cc2)c1. The first-order valence-corrected chi connectivity index (χ1v) is 11.2. The third-order valence-electron chi connectivity index (χ3n) is 5.67. The second-order valence-electron chi connectivity index (χ2n) is 7.70. The fraction of sp³-hybridized carbons (Fsp3) is 0.185. The predicted molar refractivity (Wildman–Crippen MR) is 130 cm³/mol. The molecule has 0 radical (unpaired) electrons. The van der Waals surface area contributed by atoms with Gasteiger partial charge in [-0.1, -0.05) is 61.0 Å². The number of halogens is 1. The highest BCUT2D eigenvalue weighted by atomic mass is 35.5. The van der Waals surface area contributed by atoms with Crippen LogP contribution in [0.4, 0.5) is 5.69 Å². The van der Waals surface area contributed by atoms with Crippen molar-refractivity contribution in [3.63, 3.8) is 0 Å². The Morgan fingerprint density at radius 3 is 2.33 bits per heavy atom. The molecule has 0 spiro atoms. The summed E-state index contributed by atoms with van der Waals surface area (Å²) in [5, 5.41) is 11.7. The van der Waals surface area contributed by atoms with Crippen molar-refractivity contribution < 1.29 is 19.4 Å². The second kappa shape index (κ2) is 9.51. The molecule has 0 aliphatic carbocycles. The van der Waals surface area contributed by atoms with E-state index >= 15 is 0 Å². The number of amides is 1. The number of ether oxygens (including phenoxy) is 1. The van der Waals surface area contributed by atoms with E-state index in [1.165, 1.54) is 4.90 Å². The van der Waals surface area contributed by atoms with Crippen LogP contribution in [-0.4, -0.2) is 23.4 Å². The molecule has 168 valence electrons. The predicted octanol–water partition coefficient (Wildman–Crippen LogP) is 5.93. The molecular formula is C27H24ClNO4. The maximum absolute atomic E-state index is 13.2. The highest BCUT2D eigenvalue weighted by Gasteiger charge is 2.47. The van der Waals surface area contributed by atoms with Crippen LogP contribution in [-0.2, 0) is 16.0 Å². The average molecular weight is 462 g/mol. The van der Waals surface area contributed by atoms with Gasteiger partial charge in [-0.05, 0) is 48.7 Å². The van der Waals surface area contributed by atoms with E-state index in [0.717, 1.165) is 12.0 Å². The number of carbonyl (C=O) groups is 2. The molecule has 0 bridgehead atoms. The van der Waals surface area contributed by atoms with Crippen LogP contribution in [0.5, 0.6) is 5.75 Å². The van der Waals surface area contributed by atoms with Gasteiger partial charge in [-0.3, -0.25) is 14.5 Å². The van der Waals surface area contributed by atoms with Crippen molar-refractivity contribution in [3.05, 3.63) is 100 Å². The standard InChI is InChI=1S/C27H24ClNO4/c1-3-17-8-10-19(11-9-17)25(30)23-24(18-12-14-20(28)15-13-18)29(27(32)26(23)31)21-6-5-7-22(16-21)33-4-2/h5-16,24,30H,3-4H2,1-2H3/b25-23+. The van der Waals surface area contributed by atoms with E-state index < -0.39 is 17.7 Å². The third-order valence-corrected chi connectivity index (χ3v) is 5.92. The number of ketones is 1. The quantitative estimate of drug-likeness (QED) is 0.281. The Bertz CT molecular complexity index is 1220. The molecule has 1 unspecified atom stereocenters. The minimum atomic E-state index is -0.815. The van der Waals surface area contributed by atoms with Gasteiger partial charge in [-0.25, -0.2) is 0 Å². The molecule has 0 saturated carbocycles. The van der Waals surface area contributed by atoms with Crippen molar-refractivity contribution in [3.8, 4) is 5.75 Å². The van der Waals surface area contributed by atoms with Crippen LogP contribution in [0.25, 0.3) is 5.76 Å². The topological polar surface area (TPSA) is 66.8 Å². The monoisotopic (exact) mass is 461 g/mol. The molecule has 33 heavy (non-hydrogen) atoms. The van der Waals surface area contributed by atoms with Gasteiger partial charge < -0.3 is 9.84 Å². The van der Waals surface area contributed by atoms with Crippen molar-refractivity contribution in [2.75, 3.05) is 11.5 Å². The number of benzene rings is 3. The van der Waals surface area contributed by atoms with Crippen LogP contribution in [0.15, 0.2) is 78.4 Å². The molecule has 1 saturated heterocycles. The lowest BCUT2D eigenvalue weighted by Crippen LogP contribution is -2.29. The number of hydrogen-bond acceptors (Lipinski definition) is 4. The van der Waals surface area contributed by atoms with Gasteiger partial charge in [0, 0.05) is 22.3 Å². The highest BCUT2D eigenvalue weighted by Crippen LogP contribution is 2.43. The Kier molecular flexibility index (Phi) is 6.52. The van der Waals surface area contributed by atoms with E-state index in [0.29, 0.717) is 34.2 Å². The Hall–Kier alpha value is -3.57. The molecule has 0 aromatic heterocycles. The van der Waals surface area contributed by atoms with Crippen molar-refractivity contribution in [2.45, 2.75) is 26.3 Å². The number of Topliss-reactive ketones (excluding diaryl/α,β-unsaturated/α-hetero) is 1. The summed E-state index contributed by atoms with van der Waals surface area (Å²) in [6.45, 7) is 4.38. The van der Waals surface area contributed by atoms with Gasteiger partial charge in [0.1, 0.15) is 11.5 Å². The van der Waals surface area contributed by atoms with Crippen molar-refractivity contribution in [1.82, 2.24) is 0 Å². The lowest BCUT2D eigenvalue weighted by molar-refractivity contribution is -0.132. The van der Waals surface area contributed by atoms with E-state index in [2.05, 4.69) is 0 Å². The fourth-order valence-corrected chi connectivity index (χ4v) is 4.13. The molecule has 1 aliphatic heterocycles. The van der Waals surface area contributed by atoms with Crippen LogP contribution in [0.2, 0.25) is 5.02 Å². The lowest BCUT2D eigenvalue weighted by Gasteiger charge is -2.26. The van der Waals surface area contributed by atoms with Crippen LogP contribution >= 0.6 is 11.6 Å². The summed E-state index contributed by atoms with van der Waals surface area (Å²) in [6.07, 6.45) is 0.854. The zero-order chi connectivity index (χ0) is 23.5. The molecule has 5 nitrogen and oxygen atoms in total. The summed E-state index contributed by atoms with van der Waals surface area (Å²) in [4.78, 5) is 27.9. The van der Waals surface area contributed by atoms with Crippen molar-refractivity contribution in [2.24, 2.45) is 0 Å². The van der Waals surface area contributed by atoms with E-state index in [9.17, 15) is 14.7 Å². The summed E-state index contributed by atoms with van der Waals surface area (Å²) in [6, 6.07) is 20.4. The third kappa shape index (κ3) is 4.37. The van der Waals surface area contributed by atoms with Crippen LogP contribution in [0.3, 0.4) is 0 Å². The zero-order valence-corrected chi connectivity index (χ0v) is 19.2. The number of aliphatic hydroxyl groups is 1. The van der Waals surface area contributed by atoms with Gasteiger partial charge in [0.25, 0.3) is 11.7 Å². The molecular weight excluding hydrogens is 438 g/mol. The van der Waals surface area contributed by atoms with Crippen LogP contribution in [0.1, 0.15) is 36.6 Å². The van der Waals surface area contributed by atoms with Gasteiger partial charge in [0.05, 0.1) is 18.2 Å². The van der Waals surface area contributed by atoms with Gasteiger partial charge in [-0.15, -0.1) is 0 Å². The summed E-state index contributed by atoms with van der Waals surface area (Å²) in [7, 11) is 0. The van der Waals surface area contributed by atoms with Crippen molar-refractivity contribution >= 4 is 34.7 Å².